The number of hydrogen-bond donors (Lipinski definition) is 1. The number of hydrogen-bond acceptors (Lipinski definition) is 5. The van der Waals surface area contributed by atoms with Gasteiger partial charge in [-0.3, -0.25) is 4.79 Å². The third kappa shape index (κ3) is 3.50. The van der Waals surface area contributed by atoms with Gasteiger partial charge >= 0.3 is 5.97 Å². The molecular formula is C18H15BrN4O3. The molecule has 3 aromatic rings. The van der Waals surface area contributed by atoms with Crippen molar-refractivity contribution in [3.8, 4) is 5.82 Å². The van der Waals surface area contributed by atoms with E-state index in [1.807, 2.05) is 12.1 Å². The number of esters is 1. The summed E-state index contributed by atoms with van der Waals surface area (Å²) in [6.45, 7) is 1.79. The number of rotatable bonds is 4. The largest absolute Gasteiger partial charge is 0.465 e. The summed E-state index contributed by atoms with van der Waals surface area (Å²) in [5, 5.41) is 7.00. The molecule has 0 unspecified atom stereocenters. The average molecular weight is 415 g/mol. The van der Waals surface area contributed by atoms with Crippen LogP contribution in [0.4, 0.5) is 5.69 Å². The predicted molar refractivity (Wildman–Crippen MR) is 99.5 cm³/mol. The Morgan fingerprint density at radius 1 is 1.19 bits per heavy atom. The Morgan fingerprint density at radius 3 is 2.69 bits per heavy atom. The van der Waals surface area contributed by atoms with Crippen molar-refractivity contribution >= 4 is 33.5 Å². The molecule has 0 radical (unpaired) electrons. The molecule has 7 nitrogen and oxygen atoms in total. The zero-order valence-electron chi connectivity index (χ0n) is 14.1. The predicted octanol–water partition coefficient (Wildman–Crippen LogP) is 3.38. The number of pyridine rings is 1. The van der Waals surface area contributed by atoms with Gasteiger partial charge in [0, 0.05) is 16.4 Å². The SMILES string of the molecule is COC(=O)c1cc(NC(=O)c2cnn(-c3ccccn3)c2C)ccc1Br. The van der Waals surface area contributed by atoms with Gasteiger partial charge in [0.15, 0.2) is 5.82 Å². The number of methoxy groups -OCH3 is 1. The number of carbonyl (C=O) groups excluding carboxylic acids is 2. The standard InChI is InChI=1S/C18H15BrN4O3/c1-11-14(10-21-23(11)16-5-3-4-8-20-16)17(24)22-12-6-7-15(19)13(9-12)18(25)26-2/h3-10H,1-2H3,(H,22,24). The highest BCUT2D eigenvalue weighted by Gasteiger charge is 2.17. The highest BCUT2D eigenvalue weighted by molar-refractivity contribution is 9.10. The molecule has 8 heteroatoms. The number of amides is 1. The second-order valence-corrected chi connectivity index (χ2v) is 6.24. The van der Waals surface area contributed by atoms with E-state index in [9.17, 15) is 9.59 Å². The maximum absolute atomic E-state index is 12.6. The summed E-state index contributed by atoms with van der Waals surface area (Å²) in [4.78, 5) is 28.6. The van der Waals surface area contributed by atoms with Crippen LogP contribution in [0, 0.1) is 6.92 Å². The fourth-order valence-corrected chi connectivity index (χ4v) is 2.82. The summed E-state index contributed by atoms with van der Waals surface area (Å²) in [5.41, 5.74) is 1.87. The van der Waals surface area contributed by atoms with Crippen LogP contribution in [0.15, 0.2) is 53.3 Å². The average Bonchev–Trinajstić information content (AvgIpc) is 3.05. The maximum Gasteiger partial charge on any atom is 0.339 e. The molecule has 3 rings (SSSR count). The lowest BCUT2D eigenvalue weighted by Gasteiger charge is -2.08. The van der Waals surface area contributed by atoms with E-state index in [0.717, 1.165) is 0 Å². The minimum Gasteiger partial charge on any atom is -0.465 e. The Hall–Kier alpha value is -3.00. The Morgan fingerprint density at radius 2 is 2.00 bits per heavy atom. The number of nitrogens with zero attached hydrogens (tertiary/aromatic N) is 3. The van der Waals surface area contributed by atoms with Crippen molar-refractivity contribution in [2.24, 2.45) is 0 Å². The number of aromatic nitrogens is 3. The summed E-state index contributed by atoms with van der Waals surface area (Å²) in [7, 11) is 1.30. The quantitative estimate of drug-likeness (QED) is 0.661. The molecule has 2 aromatic heterocycles. The van der Waals surface area contributed by atoms with Crippen molar-refractivity contribution in [2.45, 2.75) is 6.92 Å². The smallest absolute Gasteiger partial charge is 0.339 e. The Balaban J connectivity index is 1.86. The number of anilines is 1. The molecule has 1 N–H and O–H groups in total. The van der Waals surface area contributed by atoms with Crippen LogP contribution in [0.1, 0.15) is 26.4 Å². The van der Waals surface area contributed by atoms with Gasteiger partial charge in [0.25, 0.3) is 5.91 Å². The summed E-state index contributed by atoms with van der Waals surface area (Å²) in [5.74, 6) is -0.199. The molecule has 0 aliphatic heterocycles. The summed E-state index contributed by atoms with van der Waals surface area (Å²) in [6.07, 6.45) is 3.14. The molecule has 0 bridgehead atoms. The third-order valence-electron chi connectivity index (χ3n) is 3.75. The Kier molecular flexibility index (Phi) is 5.13. The van der Waals surface area contributed by atoms with Crippen LogP contribution < -0.4 is 5.32 Å². The van der Waals surface area contributed by atoms with Crippen molar-refractivity contribution in [3.05, 3.63) is 70.1 Å². The second kappa shape index (κ2) is 7.49. The van der Waals surface area contributed by atoms with Gasteiger partial charge in [-0.25, -0.2) is 14.5 Å². The molecule has 1 aromatic carbocycles. The lowest BCUT2D eigenvalue weighted by molar-refractivity contribution is 0.0599. The van der Waals surface area contributed by atoms with E-state index in [1.54, 1.807) is 42.1 Å². The van der Waals surface area contributed by atoms with Gasteiger partial charge in [-0.05, 0) is 53.2 Å². The molecule has 1 amide bonds. The summed E-state index contributed by atoms with van der Waals surface area (Å²) in [6, 6.07) is 10.4. The number of ether oxygens (including phenoxy) is 1. The van der Waals surface area contributed by atoms with Gasteiger partial charge in [-0.2, -0.15) is 5.10 Å². The molecule has 0 fully saturated rings. The van der Waals surface area contributed by atoms with Gasteiger partial charge < -0.3 is 10.1 Å². The van der Waals surface area contributed by atoms with Crippen molar-refractivity contribution in [3.63, 3.8) is 0 Å². The first-order chi connectivity index (χ1) is 12.5. The van der Waals surface area contributed by atoms with Crippen molar-refractivity contribution < 1.29 is 14.3 Å². The number of nitrogens with one attached hydrogen (secondary N) is 1. The van der Waals surface area contributed by atoms with Crippen LogP contribution in [-0.2, 0) is 4.74 Å². The van der Waals surface area contributed by atoms with E-state index in [2.05, 4.69) is 31.3 Å². The van der Waals surface area contributed by atoms with Gasteiger partial charge in [0.2, 0.25) is 0 Å². The monoisotopic (exact) mass is 414 g/mol. The van der Waals surface area contributed by atoms with Crippen molar-refractivity contribution in [2.75, 3.05) is 12.4 Å². The lowest BCUT2D eigenvalue weighted by Crippen LogP contribution is -2.14. The first-order valence-corrected chi connectivity index (χ1v) is 8.46. The van der Waals surface area contributed by atoms with Gasteiger partial charge in [0.1, 0.15) is 0 Å². The van der Waals surface area contributed by atoms with Gasteiger partial charge in [0.05, 0.1) is 30.1 Å². The normalized spacial score (nSPS) is 10.4. The minimum atomic E-state index is -0.493. The number of carbonyl (C=O) groups is 2. The van der Waals surface area contributed by atoms with Crippen LogP contribution in [0.25, 0.3) is 5.82 Å². The topological polar surface area (TPSA) is 86.1 Å². The zero-order valence-corrected chi connectivity index (χ0v) is 15.6. The van der Waals surface area contributed by atoms with E-state index in [-0.39, 0.29) is 5.91 Å². The number of halogens is 1. The zero-order chi connectivity index (χ0) is 18.7. The van der Waals surface area contributed by atoms with E-state index in [4.69, 9.17) is 4.74 Å². The minimum absolute atomic E-state index is 0.325. The molecule has 26 heavy (non-hydrogen) atoms. The van der Waals surface area contributed by atoms with E-state index in [0.29, 0.717) is 32.8 Å². The van der Waals surface area contributed by atoms with Crippen LogP contribution >= 0.6 is 15.9 Å². The van der Waals surface area contributed by atoms with Crippen LogP contribution in [-0.4, -0.2) is 33.8 Å². The van der Waals surface area contributed by atoms with Crippen molar-refractivity contribution in [1.29, 1.82) is 0 Å². The van der Waals surface area contributed by atoms with Crippen molar-refractivity contribution in [1.82, 2.24) is 14.8 Å². The third-order valence-corrected chi connectivity index (χ3v) is 4.44. The first kappa shape index (κ1) is 17.8. The van der Waals surface area contributed by atoms with E-state index >= 15 is 0 Å². The fourth-order valence-electron chi connectivity index (χ4n) is 2.41. The summed E-state index contributed by atoms with van der Waals surface area (Å²) < 4.78 is 6.91. The molecule has 0 saturated carbocycles. The van der Waals surface area contributed by atoms with Crippen LogP contribution in [0.2, 0.25) is 0 Å². The Bertz CT molecular complexity index is 970. The molecule has 0 aliphatic carbocycles. The van der Waals surface area contributed by atoms with Crippen LogP contribution in [0.3, 0.4) is 0 Å². The molecular weight excluding hydrogens is 400 g/mol. The molecule has 132 valence electrons. The first-order valence-electron chi connectivity index (χ1n) is 7.66. The second-order valence-electron chi connectivity index (χ2n) is 5.38. The Labute approximate surface area is 158 Å². The van der Waals surface area contributed by atoms with Crippen LogP contribution in [0.5, 0.6) is 0 Å². The highest BCUT2D eigenvalue weighted by atomic mass is 79.9. The molecule has 0 atom stereocenters. The fraction of sp³-hybridized carbons (Fsp3) is 0.111. The maximum atomic E-state index is 12.6. The van der Waals surface area contributed by atoms with Gasteiger partial charge in [-0.1, -0.05) is 6.07 Å². The van der Waals surface area contributed by atoms with E-state index in [1.165, 1.54) is 13.3 Å². The molecule has 2 heterocycles. The van der Waals surface area contributed by atoms with E-state index < -0.39 is 5.97 Å². The van der Waals surface area contributed by atoms with Gasteiger partial charge in [-0.15, -0.1) is 0 Å². The molecule has 0 spiro atoms. The highest BCUT2D eigenvalue weighted by Crippen LogP contribution is 2.23. The molecule has 0 saturated heterocycles. The number of benzene rings is 1. The molecule has 0 aliphatic rings. The lowest BCUT2D eigenvalue weighted by atomic mass is 10.2. The summed E-state index contributed by atoms with van der Waals surface area (Å²) >= 11 is 3.29.